The fourth-order valence-corrected chi connectivity index (χ4v) is 6.53. The smallest absolute Gasteiger partial charge is 0.0770 e. The standard InChI is InChI=1S/C34H31N2O.C12H10N.Ir/c1-22(2)26-13-10-14-27(23(3)4)29(26)20-36-32-16-9-8-15-31(32)35-34(36)30-21-37-33-18-17-25(19-28(30)33)24-11-6-5-7-12-24;1-10-7-8-12(13-9-10)11-5-3-2-4-6-11;/h5-19,22-23H,20H2,1-4H3;2-5,7-9H,1H3;/q2*-1;/i;1D3;. The number of nitrogens with zero attached hydrogens (tertiary/aromatic N) is 3. The van der Waals surface area contributed by atoms with Crippen molar-refractivity contribution in [1.82, 2.24) is 14.5 Å². The van der Waals surface area contributed by atoms with E-state index in [4.69, 9.17) is 13.5 Å². The minimum Gasteiger partial charge on any atom is -0.557 e. The van der Waals surface area contributed by atoms with Crippen LogP contribution in [0.25, 0.3) is 55.8 Å². The number of pyridine rings is 1. The number of aryl methyl sites for hydroxylation is 1. The molecular weight excluding hydrogens is 803 g/mol. The fourth-order valence-electron chi connectivity index (χ4n) is 6.53. The van der Waals surface area contributed by atoms with Gasteiger partial charge in [0.15, 0.2) is 0 Å². The maximum Gasteiger partial charge on any atom is 0.0770 e. The summed E-state index contributed by atoms with van der Waals surface area (Å²) in [5.41, 5.74) is 12.2. The van der Waals surface area contributed by atoms with Gasteiger partial charge >= 0.3 is 0 Å². The number of fused-ring (bicyclic) bond motifs is 2. The molecule has 0 saturated heterocycles. The molecule has 0 amide bonds. The van der Waals surface area contributed by atoms with Crippen molar-refractivity contribution in [3.05, 3.63) is 168 Å². The summed E-state index contributed by atoms with van der Waals surface area (Å²) in [7, 11) is 0. The Hall–Kier alpha value is -5.09. The number of rotatable bonds is 7. The van der Waals surface area contributed by atoms with Gasteiger partial charge in [0.05, 0.1) is 16.9 Å². The van der Waals surface area contributed by atoms with Crippen molar-refractivity contribution in [2.45, 2.75) is 52.9 Å². The average Bonchev–Trinajstić information content (AvgIpc) is 3.76. The monoisotopic (exact) mass is 847 g/mol. The van der Waals surface area contributed by atoms with Gasteiger partial charge < -0.3 is 14.0 Å². The summed E-state index contributed by atoms with van der Waals surface area (Å²) in [6, 6.07) is 45.7. The summed E-state index contributed by atoms with van der Waals surface area (Å²) in [6.45, 7) is 7.76. The van der Waals surface area contributed by atoms with E-state index in [1.807, 2.05) is 30.3 Å². The fraction of sp³-hybridized carbons (Fsp3) is 0.174. The molecule has 51 heavy (non-hydrogen) atoms. The van der Waals surface area contributed by atoms with Gasteiger partial charge in [-0.05, 0) is 69.9 Å². The van der Waals surface area contributed by atoms with Gasteiger partial charge in [-0.1, -0.05) is 130 Å². The number of furan rings is 1. The van der Waals surface area contributed by atoms with E-state index < -0.39 is 6.85 Å². The van der Waals surface area contributed by atoms with E-state index in [-0.39, 0.29) is 25.7 Å². The van der Waals surface area contributed by atoms with E-state index in [0.717, 1.165) is 56.8 Å². The van der Waals surface area contributed by atoms with Crippen LogP contribution < -0.4 is 0 Å². The third-order valence-corrected chi connectivity index (χ3v) is 9.05. The van der Waals surface area contributed by atoms with Gasteiger partial charge in [0, 0.05) is 48.8 Å². The molecule has 5 heteroatoms. The zero-order valence-corrected chi connectivity index (χ0v) is 31.5. The first-order valence-corrected chi connectivity index (χ1v) is 17.1. The maximum atomic E-state index is 7.23. The van der Waals surface area contributed by atoms with Gasteiger partial charge in [-0.2, -0.15) is 0 Å². The number of hydrogen-bond acceptors (Lipinski definition) is 3. The third-order valence-electron chi connectivity index (χ3n) is 9.05. The van der Waals surface area contributed by atoms with E-state index in [0.29, 0.717) is 11.8 Å². The predicted molar refractivity (Wildman–Crippen MR) is 206 cm³/mol. The molecule has 3 heterocycles. The van der Waals surface area contributed by atoms with Gasteiger partial charge in [-0.3, -0.25) is 4.98 Å². The van der Waals surface area contributed by atoms with Crippen molar-refractivity contribution in [2.75, 3.05) is 0 Å². The van der Waals surface area contributed by atoms with Crippen LogP contribution in [0.5, 0.6) is 0 Å². The number of para-hydroxylation sites is 2. The first-order chi connectivity index (χ1) is 25.6. The summed E-state index contributed by atoms with van der Waals surface area (Å²) >= 11 is 0. The largest absolute Gasteiger partial charge is 0.557 e. The molecule has 1 radical (unpaired) electrons. The molecule has 8 aromatic rings. The number of aromatic nitrogens is 3. The van der Waals surface area contributed by atoms with Crippen LogP contribution >= 0.6 is 0 Å². The van der Waals surface area contributed by atoms with Crippen molar-refractivity contribution < 1.29 is 28.6 Å². The van der Waals surface area contributed by atoms with Crippen LogP contribution in [0.1, 0.15) is 65.9 Å². The Kier molecular flexibility index (Phi) is 9.90. The summed E-state index contributed by atoms with van der Waals surface area (Å²) < 4.78 is 30.0. The van der Waals surface area contributed by atoms with Gasteiger partial charge in [0.25, 0.3) is 0 Å². The maximum absolute atomic E-state index is 7.23. The Bertz CT molecular complexity index is 2440. The SMILES string of the molecule is CC(C)c1cccc(C(C)C)c1Cn1c(-c2[c-]oc3ccc(-c4ccccc4)cc23)nc2ccccc21.[2H]C([2H])([2H])c1ccc(-c2[c-]cccc2)nc1.[Ir]. The van der Waals surface area contributed by atoms with Gasteiger partial charge in [0.2, 0.25) is 0 Å². The Labute approximate surface area is 318 Å². The summed E-state index contributed by atoms with van der Waals surface area (Å²) in [5.74, 6) is 1.75. The Morgan fingerprint density at radius 3 is 2.20 bits per heavy atom. The van der Waals surface area contributed by atoms with Crippen molar-refractivity contribution in [3.8, 4) is 33.8 Å². The molecule has 0 bridgehead atoms. The summed E-state index contributed by atoms with van der Waals surface area (Å²) in [6.07, 6.45) is 4.60. The van der Waals surface area contributed by atoms with Crippen LogP contribution in [0.2, 0.25) is 0 Å². The van der Waals surface area contributed by atoms with E-state index in [9.17, 15) is 0 Å². The van der Waals surface area contributed by atoms with Crippen molar-refractivity contribution in [1.29, 1.82) is 0 Å². The zero-order valence-electron chi connectivity index (χ0n) is 32.1. The summed E-state index contributed by atoms with van der Waals surface area (Å²) in [5, 5.41) is 1.03. The quantitative estimate of drug-likeness (QED) is 0.150. The molecule has 0 aliphatic heterocycles. The Balaban J connectivity index is 0.000000246. The Morgan fingerprint density at radius 1 is 0.765 bits per heavy atom. The molecule has 0 fully saturated rings. The molecular formula is C46H41IrN3O-2. The molecule has 5 aromatic carbocycles. The molecule has 0 saturated carbocycles. The minimum absolute atomic E-state index is 0. The third kappa shape index (κ3) is 7.66. The average molecular weight is 847 g/mol. The van der Waals surface area contributed by atoms with E-state index >= 15 is 0 Å². The molecule has 4 nitrogen and oxygen atoms in total. The zero-order chi connectivity index (χ0) is 37.1. The van der Waals surface area contributed by atoms with Crippen LogP contribution in [0.3, 0.4) is 0 Å². The van der Waals surface area contributed by atoms with Crippen LogP contribution in [-0.2, 0) is 26.7 Å². The van der Waals surface area contributed by atoms with Gasteiger partial charge in [-0.25, -0.2) is 0 Å². The van der Waals surface area contributed by atoms with Crippen LogP contribution in [0, 0.1) is 19.2 Å². The van der Waals surface area contributed by atoms with Crippen LogP contribution in [-0.4, -0.2) is 14.5 Å². The molecule has 3 aromatic heterocycles. The van der Waals surface area contributed by atoms with Crippen molar-refractivity contribution in [3.63, 3.8) is 0 Å². The number of hydrogen-bond donors (Lipinski definition) is 0. The van der Waals surface area contributed by atoms with E-state index in [1.54, 1.807) is 18.2 Å². The number of benzene rings is 5. The second-order valence-corrected chi connectivity index (χ2v) is 13.1. The minimum atomic E-state index is -2.09. The topological polar surface area (TPSA) is 43.9 Å². The van der Waals surface area contributed by atoms with E-state index in [2.05, 4.69) is 128 Å². The van der Waals surface area contributed by atoms with E-state index in [1.165, 1.54) is 28.5 Å². The molecule has 0 aliphatic rings. The molecule has 0 unspecified atom stereocenters. The van der Waals surface area contributed by atoms with Gasteiger partial charge in [-0.15, -0.1) is 35.9 Å². The molecule has 8 rings (SSSR count). The van der Waals surface area contributed by atoms with Gasteiger partial charge in [0.1, 0.15) is 0 Å². The molecule has 0 N–H and O–H groups in total. The molecule has 0 atom stereocenters. The normalized spacial score (nSPS) is 12.2. The number of imidazole rings is 1. The Morgan fingerprint density at radius 2 is 1.51 bits per heavy atom. The van der Waals surface area contributed by atoms with Crippen LogP contribution in [0.15, 0.2) is 138 Å². The second-order valence-electron chi connectivity index (χ2n) is 13.1. The van der Waals surface area contributed by atoms with Crippen molar-refractivity contribution >= 4 is 22.0 Å². The molecule has 0 aliphatic carbocycles. The first-order valence-electron chi connectivity index (χ1n) is 18.6. The molecule has 0 spiro atoms. The predicted octanol–water partition coefficient (Wildman–Crippen LogP) is 12.1. The first kappa shape index (κ1) is 31.9. The molecule has 257 valence electrons. The van der Waals surface area contributed by atoms with Crippen molar-refractivity contribution in [2.24, 2.45) is 0 Å². The summed E-state index contributed by atoms with van der Waals surface area (Å²) in [4.78, 5) is 9.25. The van der Waals surface area contributed by atoms with Crippen LogP contribution in [0.4, 0.5) is 0 Å². The second kappa shape index (κ2) is 15.9.